The first-order chi connectivity index (χ1) is 14.4. The van der Waals surface area contributed by atoms with Crippen molar-refractivity contribution in [3.05, 3.63) is 35.9 Å². The number of unbranched alkanes of at least 4 members (excludes halogenated alkanes) is 13. The monoisotopic (exact) mass is 422 g/mol. The second-order valence-corrected chi connectivity index (χ2v) is 8.80. The van der Waals surface area contributed by atoms with Crippen molar-refractivity contribution >= 4 is 9.24 Å². The van der Waals surface area contributed by atoms with Gasteiger partial charge in [-0.05, 0) is 18.1 Å². The molecule has 1 aromatic rings. The Balaban J connectivity index is 1.81. The number of hydrogen-bond acceptors (Lipinski definition) is 2. The SMILES string of the molecule is CCCCCCCCCCCCCCCCOC[C@@H](CP)OCc1ccccc1. The molecule has 0 aliphatic rings. The van der Waals surface area contributed by atoms with E-state index in [2.05, 4.69) is 40.4 Å². The standard InChI is InChI=1S/C26H47O2P/c1-2-3-4-5-6-7-8-9-10-11-12-13-14-18-21-27-23-26(24-29)28-22-25-19-16-15-17-20-25/h15-17,19-20,26H,2-14,18,21-24,29H2,1H3/t26-/m0/s1. The van der Waals surface area contributed by atoms with Crippen LogP contribution < -0.4 is 0 Å². The van der Waals surface area contributed by atoms with Crippen molar-refractivity contribution in [2.45, 2.75) is 110 Å². The van der Waals surface area contributed by atoms with E-state index in [0.29, 0.717) is 13.2 Å². The highest BCUT2D eigenvalue weighted by Crippen LogP contribution is 2.13. The van der Waals surface area contributed by atoms with E-state index in [-0.39, 0.29) is 6.10 Å². The van der Waals surface area contributed by atoms with Crippen LogP contribution in [-0.2, 0) is 16.1 Å². The molecule has 2 nitrogen and oxygen atoms in total. The van der Waals surface area contributed by atoms with Gasteiger partial charge in [0.15, 0.2) is 0 Å². The van der Waals surface area contributed by atoms with E-state index in [1.165, 1.54) is 95.5 Å². The van der Waals surface area contributed by atoms with E-state index in [4.69, 9.17) is 9.47 Å². The van der Waals surface area contributed by atoms with Gasteiger partial charge in [-0.2, -0.15) is 0 Å². The Morgan fingerprint density at radius 2 is 1.24 bits per heavy atom. The van der Waals surface area contributed by atoms with Gasteiger partial charge in [-0.15, -0.1) is 9.24 Å². The molecule has 168 valence electrons. The maximum atomic E-state index is 5.96. The first-order valence-corrected chi connectivity index (χ1v) is 13.1. The second-order valence-electron chi connectivity index (χ2n) is 8.33. The Morgan fingerprint density at radius 1 is 0.724 bits per heavy atom. The molecule has 0 aliphatic heterocycles. The molecule has 2 atom stereocenters. The molecular weight excluding hydrogens is 375 g/mol. The molecule has 0 aliphatic carbocycles. The van der Waals surface area contributed by atoms with Crippen LogP contribution in [0.5, 0.6) is 0 Å². The van der Waals surface area contributed by atoms with Gasteiger partial charge < -0.3 is 9.47 Å². The third-order valence-corrected chi connectivity index (χ3v) is 6.06. The van der Waals surface area contributed by atoms with E-state index < -0.39 is 0 Å². The molecule has 0 fully saturated rings. The Labute approximate surface area is 183 Å². The van der Waals surface area contributed by atoms with Gasteiger partial charge in [0.25, 0.3) is 0 Å². The molecule has 1 unspecified atom stereocenters. The van der Waals surface area contributed by atoms with Gasteiger partial charge in [-0.1, -0.05) is 121 Å². The van der Waals surface area contributed by atoms with Gasteiger partial charge in [-0.25, -0.2) is 0 Å². The van der Waals surface area contributed by atoms with Crippen molar-refractivity contribution < 1.29 is 9.47 Å². The van der Waals surface area contributed by atoms with Crippen LogP contribution in [-0.4, -0.2) is 25.5 Å². The molecule has 0 bridgehead atoms. The molecule has 0 spiro atoms. The molecule has 0 radical (unpaired) electrons. The van der Waals surface area contributed by atoms with Gasteiger partial charge in [0.2, 0.25) is 0 Å². The van der Waals surface area contributed by atoms with Crippen molar-refractivity contribution in [2.75, 3.05) is 19.4 Å². The number of rotatable bonds is 21. The summed E-state index contributed by atoms with van der Waals surface area (Å²) < 4.78 is 11.8. The fourth-order valence-corrected chi connectivity index (χ4v) is 3.86. The summed E-state index contributed by atoms with van der Waals surface area (Å²) in [7, 11) is 2.78. The topological polar surface area (TPSA) is 18.5 Å². The van der Waals surface area contributed by atoms with Crippen LogP contribution in [0.3, 0.4) is 0 Å². The Morgan fingerprint density at radius 3 is 1.76 bits per heavy atom. The van der Waals surface area contributed by atoms with Crippen molar-refractivity contribution in [1.82, 2.24) is 0 Å². The molecule has 0 N–H and O–H groups in total. The van der Waals surface area contributed by atoms with Gasteiger partial charge >= 0.3 is 0 Å². The summed E-state index contributed by atoms with van der Waals surface area (Å²) in [5.74, 6) is 0. The van der Waals surface area contributed by atoms with Crippen LogP contribution in [0, 0.1) is 0 Å². The van der Waals surface area contributed by atoms with Crippen molar-refractivity contribution in [3.63, 3.8) is 0 Å². The summed E-state index contributed by atoms with van der Waals surface area (Å²) in [4.78, 5) is 0. The van der Waals surface area contributed by atoms with E-state index in [0.717, 1.165) is 12.8 Å². The Bertz CT molecular complexity index is 438. The van der Waals surface area contributed by atoms with Crippen LogP contribution in [0.25, 0.3) is 0 Å². The van der Waals surface area contributed by atoms with Crippen molar-refractivity contribution in [2.24, 2.45) is 0 Å². The summed E-state index contributed by atoms with van der Waals surface area (Å²) in [5, 5.41) is 0. The van der Waals surface area contributed by atoms with Crippen LogP contribution >= 0.6 is 9.24 Å². The third-order valence-electron chi connectivity index (χ3n) is 5.54. The van der Waals surface area contributed by atoms with Crippen LogP contribution in [0.4, 0.5) is 0 Å². The quantitative estimate of drug-likeness (QED) is 0.148. The first-order valence-electron chi connectivity index (χ1n) is 12.3. The maximum Gasteiger partial charge on any atom is 0.0847 e. The van der Waals surface area contributed by atoms with E-state index in [1.807, 2.05) is 6.07 Å². The lowest BCUT2D eigenvalue weighted by molar-refractivity contribution is -0.0130. The highest BCUT2D eigenvalue weighted by molar-refractivity contribution is 7.16. The lowest BCUT2D eigenvalue weighted by Gasteiger charge is -2.16. The minimum atomic E-state index is 0.173. The molecule has 29 heavy (non-hydrogen) atoms. The third kappa shape index (κ3) is 17.0. The second kappa shape index (κ2) is 20.8. The molecule has 1 aromatic carbocycles. The minimum Gasteiger partial charge on any atom is -0.379 e. The first kappa shape index (κ1) is 26.6. The average Bonchev–Trinajstić information content (AvgIpc) is 2.76. The van der Waals surface area contributed by atoms with E-state index >= 15 is 0 Å². The molecule has 0 aromatic heterocycles. The van der Waals surface area contributed by atoms with Gasteiger partial charge in [-0.3, -0.25) is 0 Å². The fraction of sp³-hybridized carbons (Fsp3) is 0.769. The zero-order valence-electron chi connectivity index (χ0n) is 19.1. The number of ether oxygens (including phenoxy) is 2. The largest absolute Gasteiger partial charge is 0.379 e. The maximum absolute atomic E-state index is 5.96. The molecular formula is C26H47O2P. The van der Waals surface area contributed by atoms with Gasteiger partial charge in [0.05, 0.1) is 19.3 Å². The smallest absolute Gasteiger partial charge is 0.0847 e. The zero-order valence-corrected chi connectivity index (χ0v) is 20.2. The number of benzene rings is 1. The highest BCUT2D eigenvalue weighted by atomic mass is 31.0. The molecule has 0 saturated carbocycles. The summed E-state index contributed by atoms with van der Waals surface area (Å²) in [6.07, 6.45) is 20.6. The summed E-state index contributed by atoms with van der Waals surface area (Å²) in [6.45, 7) is 4.53. The van der Waals surface area contributed by atoms with Crippen molar-refractivity contribution in [3.8, 4) is 0 Å². The molecule has 1 rings (SSSR count). The highest BCUT2D eigenvalue weighted by Gasteiger charge is 2.07. The van der Waals surface area contributed by atoms with Gasteiger partial charge in [0.1, 0.15) is 0 Å². The van der Waals surface area contributed by atoms with Crippen LogP contribution in [0.1, 0.15) is 102 Å². The Kier molecular flexibility index (Phi) is 19.1. The van der Waals surface area contributed by atoms with E-state index in [9.17, 15) is 0 Å². The predicted octanol–water partition coefficient (Wildman–Crippen LogP) is 7.94. The van der Waals surface area contributed by atoms with Crippen LogP contribution in [0.2, 0.25) is 0 Å². The summed E-state index contributed by atoms with van der Waals surface area (Å²) >= 11 is 0. The van der Waals surface area contributed by atoms with E-state index in [1.54, 1.807) is 0 Å². The Hall–Kier alpha value is -0.430. The number of hydrogen-bond donors (Lipinski definition) is 0. The lowest BCUT2D eigenvalue weighted by Crippen LogP contribution is -2.21. The molecule has 0 saturated heterocycles. The van der Waals surface area contributed by atoms with Crippen LogP contribution in [0.15, 0.2) is 30.3 Å². The molecule has 0 heterocycles. The zero-order chi connectivity index (χ0) is 20.8. The molecule has 3 heteroatoms. The predicted molar refractivity (Wildman–Crippen MR) is 131 cm³/mol. The summed E-state index contributed by atoms with van der Waals surface area (Å²) in [5.41, 5.74) is 1.22. The minimum absolute atomic E-state index is 0.173. The lowest BCUT2D eigenvalue weighted by atomic mass is 10.0. The average molecular weight is 423 g/mol. The molecule has 0 amide bonds. The fourth-order valence-electron chi connectivity index (χ4n) is 3.59. The summed E-state index contributed by atoms with van der Waals surface area (Å²) in [6, 6.07) is 10.4. The van der Waals surface area contributed by atoms with Gasteiger partial charge in [0, 0.05) is 6.61 Å². The van der Waals surface area contributed by atoms with Crippen molar-refractivity contribution in [1.29, 1.82) is 0 Å². The normalized spacial score (nSPS) is 12.3.